The van der Waals surface area contributed by atoms with E-state index in [9.17, 15) is 4.79 Å². The molecule has 0 spiro atoms. The monoisotopic (exact) mass is 361 g/mol. The molecule has 0 atom stereocenters. The summed E-state index contributed by atoms with van der Waals surface area (Å²) in [5.74, 6) is -0.0293. The molecule has 0 saturated heterocycles. The number of rotatable bonds is 8. The lowest BCUT2D eigenvalue weighted by Gasteiger charge is -2.28. The van der Waals surface area contributed by atoms with E-state index in [1.807, 2.05) is 36.4 Å². The zero-order valence-corrected chi connectivity index (χ0v) is 16.4. The minimum absolute atomic E-state index is 0.0293. The van der Waals surface area contributed by atoms with Gasteiger partial charge in [0.2, 0.25) is 0 Å². The lowest BCUT2D eigenvalue weighted by atomic mass is 10.1. The highest BCUT2D eigenvalue weighted by Gasteiger charge is 2.16. The van der Waals surface area contributed by atoms with Crippen LogP contribution in [0, 0.1) is 11.3 Å². The molecule has 140 valence electrons. The van der Waals surface area contributed by atoms with Crippen molar-refractivity contribution in [3.8, 4) is 6.07 Å². The molecule has 2 aromatic carbocycles. The van der Waals surface area contributed by atoms with Crippen LogP contribution in [0.3, 0.4) is 0 Å². The van der Waals surface area contributed by atoms with Crippen LogP contribution < -0.4 is 4.90 Å². The number of anilines is 1. The topological polar surface area (TPSA) is 47.3 Å². The van der Waals surface area contributed by atoms with Crippen molar-refractivity contribution in [1.29, 1.82) is 5.26 Å². The van der Waals surface area contributed by atoms with Crippen molar-refractivity contribution < 1.29 is 4.79 Å². The first kappa shape index (κ1) is 20.3. The summed E-state index contributed by atoms with van der Waals surface area (Å²) in [6, 6.07) is 17.6. The predicted octanol–water partition coefficient (Wildman–Crippen LogP) is 4.62. The molecule has 27 heavy (non-hydrogen) atoms. The van der Waals surface area contributed by atoms with Crippen LogP contribution in [0.5, 0.6) is 0 Å². The van der Waals surface area contributed by atoms with E-state index >= 15 is 0 Å². The lowest BCUT2D eigenvalue weighted by Crippen LogP contribution is -2.31. The summed E-state index contributed by atoms with van der Waals surface area (Å²) in [6.45, 7) is 12.1. The van der Waals surface area contributed by atoms with Crippen LogP contribution in [-0.4, -0.2) is 29.9 Å². The van der Waals surface area contributed by atoms with Gasteiger partial charge in [-0.25, -0.2) is 0 Å². The van der Waals surface area contributed by atoms with Crippen molar-refractivity contribution in [2.45, 2.75) is 33.4 Å². The minimum atomic E-state index is -0.0293. The first-order valence-corrected chi connectivity index (χ1v) is 9.26. The number of hydrogen-bond acceptors (Lipinski definition) is 3. The van der Waals surface area contributed by atoms with Crippen LogP contribution in [0.4, 0.5) is 5.69 Å². The molecule has 0 N–H and O–H groups in total. The largest absolute Gasteiger partial charge is 0.369 e. The Balaban J connectivity index is 2.17. The second kappa shape index (κ2) is 9.59. The van der Waals surface area contributed by atoms with Gasteiger partial charge in [0.25, 0.3) is 5.91 Å². The van der Waals surface area contributed by atoms with Gasteiger partial charge in [0.05, 0.1) is 11.6 Å². The molecule has 0 aromatic heterocycles. The molecule has 0 bridgehead atoms. The molecule has 0 radical (unpaired) electrons. The van der Waals surface area contributed by atoms with Gasteiger partial charge in [0.1, 0.15) is 0 Å². The number of carbonyl (C=O) groups is 1. The summed E-state index contributed by atoms with van der Waals surface area (Å²) in [5, 5.41) is 8.91. The maximum absolute atomic E-state index is 13.0. The molecule has 0 heterocycles. The number of nitrogens with zero attached hydrogens (tertiary/aromatic N) is 3. The van der Waals surface area contributed by atoms with Gasteiger partial charge >= 0.3 is 0 Å². The molecule has 0 aliphatic rings. The van der Waals surface area contributed by atoms with E-state index in [0.29, 0.717) is 30.3 Å². The average molecular weight is 361 g/mol. The molecular weight excluding hydrogens is 334 g/mol. The van der Waals surface area contributed by atoms with Crippen molar-refractivity contribution in [2.24, 2.45) is 0 Å². The summed E-state index contributed by atoms with van der Waals surface area (Å²) < 4.78 is 0. The van der Waals surface area contributed by atoms with Crippen LogP contribution in [0.2, 0.25) is 0 Å². The fourth-order valence-corrected chi connectivity index (χ4v) is 3.10. The Kier molecular flexibility index (Phi) is 7.19. The third-order valence-electron chi connectivity index (χ3n) is 4.50. The Morgan fingerprint density at radius 2 is 1.78 bits per heavy atom. The maximum atomic E-state index is 13.0. The molecule has 0 fully saturated rings. The van der Waals surface area contributed by atoms with Gasteiger partial charge in [0.15, 0.2) is 0 Å². The van der Waals surface area contributed by atoms with Gasteiger partial charge < -0.3 is 9.80 Å². The quantitative estimate of drug-likeness (QED) is 0.645. The number of benzene rings is 2. The Labute approximate surface area is 162 Å². The zero-order chi connectivity index (χ0) is 19.8. The molecule has 0 saturated carbocycles. The van der Waals surface area contributed by atoms with Crippen molar-refractivity contribution in [2.75, 3.05) is 18.0 Å². The van der Waals surface area contributed by atoms with Crippen molar-refractivity contribution in [3.05, 3.63) is 77.9 Å². The van der Waals surface area contributed by atoms with Gasteiger partial charge in [-0.2, -0.15) is 5.26 Å². The Bertz CT molecular complexity index is 801. The Hall–Kier alpha value is -3.06. The van der Waals surface area contributed by atoms with Gasteiger partial charge in [-0.05, 0) is 62.7 Å². The molecule has 4 heteroatoms. The smallest absolute Gasteiger partial charge is 0.254 e. The van der Waals surface area contributed by atoms with Gasteiger partial charge in [-0.3, -0.25) is 4.79 Å². The highest BCUT2D eigenvalue weighted by atomic mass is 16.2. The predicted molar refractivity (Wildman–Crippen MR) is 111 cm³/mol. The lowest BCUT2D eigenvalue weighted by molar-refractivity contribution is 0.0762. The van der Waals surface area contributed by atoms with E-state index < -0.39 is 0 Å². The average Bonchev–Trinajstić information content (AvgIpc) is 2.68. The van der Waals surface area contributed by atoms with E-state index in [1.54, 1.807) is 23.1 Å². The van der Waals surface area contributed by atoms with Gasteiger partial charge in [-0.1, -0.05) is 18.2 Å². The summed E-state index contributed by atoms with van der Waals surface area (Å²) in [6.07, 6.45) is 1.73. The minimum Gasteiger partial charge on any atom is -0.369 e. The first-order chi connectivity index (χ1) is 13.0. The SMILES string of the molecule is C=CCN(Cc1ccc(C#N)cc1)C(=O)c1ccc(N(CC)C(C)C)cc1. The van der Waals surface area contributed by atoms with Crippen LogP contribution in [0.25, 0.3) is 0 Å². The molecule has 0 unspecified atom stereocenters. The summed E-state index contributed by atoms with van der Waals surface area (Å²) >= 11 is 0. The fraction of sp³-hybridized carbons (Fsp3) is 0.304. The molecule has 4 nitrogen and oxygen atoms in total. The number of amides is 1. The summed E-state index contributed by atoms with van der Waals surface area (Å²) in [7, 11) is 0. The Morgan fingerprint density at radius 3 is 2.26 bits per heavy atom. The standard InChI is InChI=1S/C23H27N3O/c1-5-15-25(17-20-9-7-19(16-24)8-10-20)23(27)21-11-13-22(14-12-21)26(6-2)18(3)4/h5,7-14,18H,1,6,15,17H2,2-4H3. The molecule has 2 rings (SSSR count). The number of carbonyl (C=O) groups excluding carboxylic acids is 1. The van der Waals surface area contributed by atoms with Crippen molar-refractivity contribution in [3.63, 3.8) is 0 Å². The van der Waals surface area contributed by atoms with E-state index in [-0.39, 0.29) is 5.91 Å². The van der Waals surface area contributed by atoms with Gasteiger partial charge in [-0.15, -0.1) is 6.58 Å². The van der Waals surface area contributed by atoms with Crippen LogP contribution in [0.1, 0.15) is 42.3 Å². The second-order valence-corrected chi connectivity index (χ2v) is 6.71. The van der Waals surface area contributed by atoms with Crippen LogP contribution in [-0.2, 0) is 6.54 Å². The second-order valence-electron chi connectivity index (χ2n) is 6.71. The summed E-state index contributed by atoms with van der Waals surface area (Å²) in [4.78, 5) is 17.0. The Morgan fingerprint density at radius 1 is 1.15 bits per heavy atom. The molecule has 0 aliphatic carbocycles. The molecule has 1 amide bonds. The summed E-state index contributed by atoms with van der Waals surface area (Å²) in [5.41, 5.74) is 3.37. The van der Waals surface area contributed by atoms with Crippen LogP contribution in [0.15, 0.2) is 61.2 Å². The third-order valence-corrected chi connectivity index (χ3v) is 4.50. The van der Waals surface area contributed by atoms with Crippen molar-refractivity contribution >= 4 is 11.6 Å². The number of nitriles is 1. The van der Waals surface area contributed by atoms with E-state index in [0.717, 1.165) is 17.8 Å². The van der Waals surface area contributed by atoms with Crippen molar-refractivity contribution in [1.82, 2.24) is 4.90 Å². The maximum Gasteiger partial charge on any atom is 0.254 e. The van der Waals surface area contributed by atoms with Gasteiger partial charge in [0, 0.05) is 36.9 Å². The zero-order valence-electron chi connectivity index (χ0n) is 16.4. The normalized spacial score (nSPS) is 10.3. The van der Waals surface area contributed by atoms with Crippen LogP contribution >= 0.6 is 0 Å². The number of hydrogen-bond donors (Lipinski definition) is 0. The third kappa shape index (κ3) is 5.21. The fourth-order valence-electron chi connectivity index (χ4n) is 3.10. The van der Waals surface area contributed by atoms with E-state index in [4.69, 9.17) is 5.26 Å². The molecule has 0 aliphatic heterocycles. The molecular formula is C23H27N3O. The van der Waals surface area contributed by atoms with E-state index in [2.05, 4.69) is 38.3 Å². The highest BCUT2D eigenvalue weighted by Crippen LogP contribution is 2.19. The molecule has 2 aromatic rings. The van der Waals surface area contributed by atoms with E-state index in [1.165, 1.54) is 0 Å². The highest BCUT2D eigenvalue weighted by molar-refractivity contribution is 5.94. The first-order valence-electron chi connectivity index (χ1n) is 9.26.